The molecule has 0 unspecified atom stereocenters. The van der Waals surface area contributed by atoms with Crippen molar-refractivity contribution in [1.29, 1.82) is 0 Å². The van der Waals surface area contributed by atoms with E-state index in [-0.39, 0.29) is 5.91 Å². The predicted octanol–water partition coefficient (Wildman–Crippen LogP) is 4.95. The second-order valence-corrected chi connectivity index (χ2v) is 8.14. The normalized spacial score (nSPS) is 11.1. The molecule has 2 aromatic heterocycles. The van der Waals surface area contributed by atoms with Crippen molar-refractivity contribution in [1.82, 2.24) is 15.2 Å². The average molecular weight is 400 g/mol. The molecule has 1 amide bonds. The Morgan fingerprint density at radius 1 is 1.15 bits per heavy atom. The van der Waals surface area contributed by atoms with Gasteiger partial charge < -0.3 is 5.32 Å². The molecular weight excluding hydrogens is 374 g/mol. The quantitative estimate of drug-likeness (QED) is 0.583. The minimum atomic E-state index is -0.0517. The molecule has 27 heavy (non-hydrogen) atoms. The lowest BCUT2D eigenvalue weighted by Crippen LogP contribution is -2.26. The van der Waals surface area contributed by atoms with Gasteiger partial charge in [-0.25, -0.2) is 4.98 Å². The van der Waals surface area contributed by atoms with E-state index in [1.54, 1.807) is 11.3 Å². The van der Waals surface area contributed by atoms with Gasteiger partial charge in [0.1, 0.15) is 9.88 Å². The molecule has 0 aliphatic rings. The molecule has 0 fully saturated rings. The van der Waals surface area contributed by atoms with Crippen molar-refractivity contribution in [2.24, 2.45) is 0 Å². The lowest BCUT2D eigenvalue weighted by atomic mass is 10.1. The molecule has 0 bridgehead atoms. The minimum Gasteiger partial charge on any atom is -0.347 e. The van der Waals surface area contributed by atoms with Crippen molar-refractivity contribution in [3.8, 4) is 10.6 Å². The van der Waals surface area contributed by atoms with E-state index in [9.17, 15) is 4.79 Å². The molecule has 1 aromatic carbocycles. The Hall–Kier alpha value is -2.02. The van der Waals surface area contributed by atoms with E-state index in [4.69, 9.17) is 0 Å². The maximum Gasteiger partial charge on any atom is 0.263 e. The van der Waals surface area contributed by atoms with Gasteiger partial charge in [0.2, 0.25) is 0 Å². The van der Waals surface area contributed by atoms with Crippen LogP contribution in [0, 0.1) is 6.92 Å². The van der Waals surface area contributed by atoms with E-state index >= 15 is 0 Å². The van der Waals surface area contributed by atoms with Crippen molar-refractivity contribution in [2.45, 2.75) is 33.9 Å². The minimum absolute atomic E-state index is 0.0517. The van der Waals surface area contributed by atoms with Crippen LogP contribution < -0.4 is 5.32 Å². The Bertz CT molecular complexity index is 883. The second kappa shape index (κ2) is 9.26. The molecule has 0 saturated heterocycles. The van der Waals surface area contributed by atoms with Crippen molar-refractivity contribution >= 4 is 28.6 Å². The number of thiazole rings is 1. The number of aryl methyl sites for hydroxylation is 1. The average Bonchev–Trinajstić information content (AvgIpc) is 3.34. The van der Waals surface area contributed by atoms with E-state index in [1.165, 1.54) is 16.9 Å². The van der Waals surface area contributed by atoms with E-state index in [0.717, 1.165) is 41.5 Å². The van der Waals surface area contributed by atoms with Crippen LogP contribution in [-0.2, 0) is 13.1 Å². The standard InChI is InChI=1S/C21H25N3OS2/c1-4-24(5-2)13-17-9-7-6-8-16(17)12-22-20(25)19-15(3)23-21(27-19)18-10-11-26-14-18/h6-11,14H,4-5,12-13H2,1-3H3,(H,22,25). The highest BCUT2D eigenvalue weighted by atomic mass is 32.1. The molecule has 0 saturated carbocycles. The van der Waals surface area contributed by atoms with Crippen LogP contribution in [0.5, 0.6) is 0 Å². The number of nitrogens with zero attached hydrogens (tertiary/aromatic N) is 2. The fraction of sp³-hybridized carbons (Fsp3) is 0.333. The van der Waals surface area contributed by atoms with Crippen LogP contribution >= 0.6 is 22.7 Å². The topological polar surface area (TPSA) is 45.2 Å². The Kier molecular flexibility index (Phi) is 6.77. The van der Waals surface area contributed by atoms with Gasteiger partial charge in [-0.05, 0) is 42.6 Å². The highest BCUT2D eigenvalue weighted by Crippen LogP contribution is 2.29. The number of benzene rings is 1. The number of hydrogen-bond acceptors (Lipinski definition) is 5. The predicted molar refractivity (Wildman–Crippen MR) is 114 cm³/mol. The first kappa shape index (κ1) is 19.7. The van der Waals surface area contributed by atoms with E-state index < -0.39 is 0 Å². The Morgan fingerprint density at radius 3 is 2.56 bits per heavy atom. The van der Waals surface area contributed by atoms with Crippen molar-refractivity contribution in [3.05, 3.63) is 62.8 Å². The molecule has 0 aliphatic heterocycles. The van der Waals surface area contributed by atoms with Crippen molar-refractivity contribution < 1.29 is 4.79 Å². The van der Waals surface area contributed by atoms with Crippen LogP contribution in [0.3, 0.4) is 0 Å². The SMILES string of the molecule is CCN(CC)Cc1ccccc1CNC(=O)c1sc(-c2ccsc2)nc1C. The summed E-state index contributed by atoms with van der Waals surface area (Å²) in [5.74, 6) is -0.0517. The van der Waals surface area contributed by atoms with Gasteiger partial charge in [-0.1, -0.05) is 38.1 Å². The number of carbonyl (C=O) groups is 1. The van der Waals surface area contributed by atoms with Gasteiger partial charge in [0, 0.05) is 24.0 Å². The number of thiophene rings is 1. The molecule has 0 radical (unpaired) electrons. The maximum atomic E-state index is 12.7. The largest absolute Gasteiger partial charge is 0.347 e. The Labute approximate surface area is 168 Å². The Balaban J connectivity index is 1.70. The third kappa shape index (κ3) is 4.83. The summed E-state index contributed by atoms with van der Waals surface area (Å²) in [6.07, 6.45) is 0. The first-order valence-electron chi connectivity index (χ1n) is 9.19. The zero-order chi connectivity index (χ0) is 19.2. The van der Waals surface area contributed by atoms with Crippen LogP contribution in [0.1, 0.15) is 40.3 Å². The van der Waals surface area contributed by atoms with Crippen molar-refractivity contribution in [3.63, 3.8) is 0 Å². The summed E-state index contributed by atoms with van der Waals surface area (Å²) in [5.41, 5.74) is 4.30. The molecule has 2 heterocycles. The lowest BCUT2D eigenvalue weighted by molar-refractivity contribution is 0.0954. The molecule has 4 nitrogen and oxygen atoms in total. The highest BCUT2D eigenvalue weighted by molar-refractivity contribution is 7.17. The highest BCUT2D eigenvalue weighted by Gasteiger charge is 2.17. The van der Waals surface area contributed by atoms with E-state index in [1.807, 2.05) is 24.4 Å². The zero-order valence-corrected chi connectivity index (χ0v) is 17.6. The molecule has 6 heteroatoms. The first-order valence-corrected chi connectivity index (χ1v) is 11.0. The van der Waals surface area contributed by atoms with Gasteiger partial charge in [0.05, 0.1) is 5.69 Å². The summed E-state index contributed by atoms with van der Waals surface area (Å²) < 4.78 is 0. The zero-order valence-electron chi connectivity index (χ0n) is 16.0. The third-order valence-electron chi connectivity index (χ3n) is 4.62. The summed E-state index contributed by atoms with van der Waals surface area (Å²) in [5, 5.41) is 8.07. The van der Waals surface area contributed by atoms with Gasteiger partial charge in [0.25, 0.3) is 5.91 Å². The van der Waals surface area contributed by atoms with Gasteiger partial charge in [-0.15, -0.1) is 11.3 Å². The number of rotatable bonds is 8. The first-order chi connectivity index (χ1) is 13.1. The fourth-order valence-electron chi connectivity index (χ4n) is 2.94. The molecule has 1 N–H and O–H groups in total. The second-order valence-electron chi connectivity index (χ2n) is 6.36. The van der Waals surface area contributed by atoms with Gasteiger partial charge in [-0.2, -0.15) is 11.3 Å². The molecule has 0 spiro atoms. The number of carbonyl (C=O) groups excluding carboxylic acids is 1. The molecular formula is C21H25N3OS2. The van der Waals surface area contributed by atoms with Gasteiger partial charge in [0.15, 0.2) is 0 Å². The van der Waals surface area contributed by atoms with Crippen LogP contribution in [0.2, 0.25) is 0 Å². The summed E-state index contributed by atoms with van der Waals surface area (Å²) >= 11 is 3.10. The number of aromatic nitrogens is 1. The summed E-state index contributed by atoms with van der Waals surface area (Å²) in [6.45, 7) is 9.71. The fourth-order valence-corrected chi connectivity index (χ4v) is 4.64. The van der Waals surface area contributed by atoms with Crippen LogP contribution in [-0.4, -0.2) is 28.9 Å². The number of hydrogen-bond donors (Lipinski definition) is 1. The monoisotopic (exact) mass is 399 g/mol. The van der Waals surface area contributed by atoms with Gasteiger partial charge in [-0.3, -0.25) is 9.69 Å². The van der Waals surface area contributed by atoms with Crippen LogP contribution in [0.4, 0.5) is 0 Å². The molecule has 142 valence electrons. The van der Waals surface area contributed by atoms with Gasteiger partial charge >= 0.3 is 0 Å². The summed E-state index contributed by atoms with van der Waals surface area (Å²) in [4.78, 5) is 20.4. The van der Waals surface area contributed by atoms with Crippen LogP contribution in [0.15, 0.2) is 41.1 Å². The Morgan fingerprint density at radius 2 is 1.89 bits per heavy atom. The van der Waals surface area contributed by atoms with Crippen molar-refractivity contribution in [2.75, 3.05) is 13.1 Å². The molecule has 0 aliphatic carbocycles. The van der Waals surface area contributed by atoms with E-state index in [0.29, 0.717) is 11.4 Å². The number of amides is 1. The summed E-state index contributed by atoms with van der Waals surface area (Å²) in [6, 6.07) is 10.4. The lowest BCUT2D eigenvalue weighted by Gasteiger charge is -2.20. The van der Waals surface area contributed by atoms with E-state index in [2.05, 4.69) is 52.6 Å². The number of nitrogens with one attached hydrogen (secondary N) is 1. The summed E-state index contributed by atoms with van der Waals surface area (Å²) in [7, 11) is 0. The molecule has 3 aromatic rings. The third-order valence-corrected chi connectivity index (χ3v) is 6.51. The maximum absolute atomic E-state index is 12.7. The molecule has 0 atom stereocenters. The van der Waals surface area contributed by atoms with Crippen LogP contribution in [0.25, 0.3) is 10.6 Å². The molecule has 3 rings (SSSR count). The smallest absolute Gasteiger partial charge is 0.263 e.